The van der Waals surface area contributed by atoms with Crippen molar-refractivity contribution >= 4 is 11.4 Å². The molecule has 0 saturated heterocycles. The van der Waals surface area contributed by atoms with Crippen molar-refractivity contribution in [2.75, 3.05) is 0 Å². The van der Waals surface area contributed by atoms with E-state index in [-0.39, 0.29) is 5.84 Å². The lowest BCUT2D eigenvalue weighted by molar-refractivity contribution is 0.958. The first-order valence-electron chi connectivity index (χ1n) is 4.42. The Balaban J connectivity index is 2.55. The third-order valence-corrected chi connectivity index (χ3v) is 2.14. The predicted molar refractivity (Wildman–Crippen MR) is 55.5 cm³/mol. The molecule has 0 amide bonds. The summed E-state index contributed by atoms with van der Waals surface area (Å²) in [7, 11) is 0. The first kappa shape index (κ1) is 8.74. The van der Waals surface area contributed by atoms with E-state index in [1.54, 1.807) is 10.7 Å². The molecule has 0 spiro atoms. The highest BCUT2D eigenvalue weighted by Crippen LogP contribution is 2.12. The number of nitrogens with one attached hydrogen (secondary N) is 1. The molecule has 3 N–H and O–H groups in total. The molecule has 0 unspecified atom stereocenters. The largest absolute Gasteiger partial charge is 0.387 e. The van der Waals surface area contributed by atoms with E-state index in [2.05, 4.69) is 5.10 Å². The standard InChI is InChI=1S/C10H12N4/c1-7-2-3-14-9(4-7)8(6-13-14)5-10(11)12/h2-4,6H,5H2,1H3,(H3,11,12). The molecule has 0 aromatic carbocycles. The van der Waals surface area contributed by atoms with Crippen molar-refractivity contribution in [3.05, 3.63) is 35.7 Å². The van der Waals surface area contributed by atoms with Crippen LogP contribution >= 0.6 is 0 Å². The number of hydrogen-bond acceptors (Lipinski definition) is 2. The minimum Gasteiger partial charge on any atom is -0.387 e. The molecular formula is C10H12N4. The smallest absolute Gasteiger partial charge is 0.0951 e. The quantitative estimate of drug-likeness (QED) is 0.547. The van der Waals surface area contributed by atoms with Gasteiger partial charge in [-0.15, -0.1) is 0 Å². The van der Waals surface area contributed by atoms with E-state index in [0.717, 1.165) is 11.1 Å². The van der Waals surface area contributed by atoms with Crippen LogP contribution in [0.2, 0.25) is 0 Å². The van der Waals surface area contributed by atoms with Gasteiger partial charge in [-0.1, -0.05) is 0 Å². The second-order valence-corrected chi connectivity index (χ2v) is 3.41. The maximum atomic E-state index is 7.24. The van der Waals surface area contributed by atoms with Crippen LogP contribution in [0.15, 0.2) is 24.5 Å². The topological polar surface area (TPSA) is 67.2 Å². The summed E-state index contributed by atoms with van der Waals surface area (Å²) < 4.78 is 1.80. The normalized spacial score (nSPS) is 10.6. The minimum absolute atomic E-state index is 0.168. The van der Waals surface area contributed by atoms with Crippen molar-refractivity contribution in [2.45, 2.75) is 13.3 Å². The van der Waals surface area contributed by atoms with Crippen molar-refractivity contribution < 1.29 is 0 Å². The van der Waals surface area contributed by atoms with Gasteiger partial charge in [0.15, 0.2) is 0 Å². The molecule has 0 aliphatic carbocycles. The fourth-order valence-electron chi connectivity index (χ4n) is 1.48. The van der Waals surface area contributed by atoms with Crippen molar-refractivity contribution in [1.29, 1.82) is 5.41 Å². The van der Waals surface area contributed by atoms with Crippen LogP contribution in [0.4, 0.5) is 0 Å². The molecule has 0 aliphatic rings. The number of nitrogens with zero attached hydrogens (tertiary/aromatic N) is 2. The number of aryl methyl sites for hydroxylation is 1. The zero-order chi connectivity index (χ0) is 10.1. The van der Waals surface area contributed by atoms with E-state index in [1.807, 2.05) is 25.3 Å². The summed E-state index contributed by atoms with van der Waals surface area (Å²) in [4.78, 5) is 0. The summed E-state index contributed by atoms with van der Waals surface area (Å²) in [6.45, 7) is 2.03. The highest BCUT2D eigenvalue weighted by Gasteiger charge is 2.04. The van der Waals surface area contributed by atoms with Crippen LogP contribution in [0.25, 0.3) is 5.52 Å². The van der Waals surface area contributed by atoms with Gasteiger partial charge >= 0.3 is 0 Å². The molecule has 4 heteroatoms. The van der Waals surface area contributed by atoms with Gasteiger partial charge < -0.3 is 5.73 Å². The van der Waals surface area contributed by atoms with Gasteiger partial charge in [-0.3, -0.25) is 5.41 Å². The molecule has 14 heavy (non-hydrogen) atoms. The molecule has 0 aliphatic heterocycles. The van der Waals surface area contributed by atoms with E-state index in [0.29, 0.717) is 6.42 Å². The number of nitrogens with two attached hydrogens (primary N) is 1. The zero-order valence-corrected chi connectivity index (χ0v) is 7.99. The summed E-state index contributed by atoms with van der Waals surface area (Å²) in [6, 6.07) is 4.04. The average Bonchev–Trinajstić information content (AvgIpc) is 2.47. The van der Waals surface area contributed by atoms with Crippen LogP contribution in [0, 0.1) is 12.3 Å². The fourth-order valence-corrected chi connectivity index (χ4v) is 1.48. The maximum absolute atomic E-state index is 7.24. The van der Waals surface area contributed by atoms with Crippen molar-refractivity contribution in [3.63, 3.8) is 0 Å². The Morgan fingerprint density at radius 2 is 2.43 bits per heavy atom. The number of amidine groups is 1. The Labute approximate surface area is 81.9 Å². The molecule has 0 saturated carbocycles. The lowest BCUT2D eigenvalue weighted by Crippen LogP contribution is -2.12. The van der Waals surface area contributed by atoms with E-state index >= 15 is 0 Å². The van der Waals surface area contributed by atoms with Crippen LogP contribution in [-0.4, -0.2) is 15.4 Å². The monoisotopic (exact) mass is 188 g/mol. The third-order valence-electron chi connectivity index (χ3n) is 2.14. The third kappa shape index (κ3) is 1.46. The summed E-state index contributed by atoms with van der Waals surface area (Å²) in [6.07, 6.45) is 4.14. The number of aromatic nitrogens is 2. The molecule has 2 aromatic heterocycles. The van der Waals surface area contributed by atoms with Gasteiger partial charge in [-0.25, -0.2) is 4.52 Å². The van der Waals surface area contributed by atoms with Crippen LogP contribution in [0.3, 0.4) is 0 Å². The summed E-state index contributed by atoms with van der Waals surface area (Å²) in [5.41, 5.74) is 8.57. The molecule has 72 valence electrons. The summed E-state index contributed by atoms with van der Waals surface area (Å²) in [5.74, 6) is 0.168. The summed E-state index contributed by atoms with van der Waals surface area (Å²) in [5, 5.41) is 11.4. The minimum atomic E-state index is 0.168. The van der Waals surface area contributed by atoms with E-state index in [4.69, 9.17) is 11.1 Å². The van der Waals surface area contributed by atoms with E-state index in [9.17, 15) is 0 Å². The molecule has 0 bridgehead atoms. The first-order valence-corrected chi connectivity index (χ1v) is 4.42. The molecule has 2 heterocycles. The first-order chi connectivity index (χ1) is 6.66. The average molecular weight is 188 g/mol. The maximum Gasteiger partial charge on any atom is 0.0951 e. The summed E-state index contributed by atoms with van der Waals surface area (Å²) >= 11 is 0. The fraction of sp³-hybridized carbons (Fsp3) is 0.200. The van der Waals surface area contributed by atoms with E-state index < -0.39 is 0 Å². The number of hydrogen-bond donors (Lipinski definition) is 2. The van der Waals surface area contributed by atoms with Gasteiger partial charge in [-0.2, -0.15) is 5.10 Å². The Morgan fingerprint density at radius 1 is 1.64 bits per heavy atom. The highest BCUT2D eigenvalue weighted by atomic mass is 15.2. The van der Waals surface area contributed by atoms with E-state index in [1.165, 1.54) is 5.56 Å². The van der Waals surface area contributed by atoms with Gasteiger partial charge in [0.25, 0.3) is 0 Å². The van der Waals surface area contributed by atoms with Crippen molar-refractivity contribution in [3.8, 4) is 0 Å². The molecule has 4 nitrogen and oxygen atoms in total. The second kappa shape index (κ2) is 3.14. The molecule has 0 radical (unpaired) electrons. The van der Waals surface area contributed by atoms with Crippen LogP contribution < -0.4 is 5.73 Å². The number of rotatable bonds is 2. The highest BCUT2D eigenvalue weighted by molar-refractivity contribution is 5.81. The lowest BCUT2D eigenvalue weighted by atomic mass is 10.1. The molecule has 2 aromatic rings. The van der Waals surface area contributed by atoms with Gasteiger partial charge in [0.05, 0.1) is 17.5 Å². The zero-order valence-electron chi connectivity index (χ0n) is 7.99. The van der Waals surface area contributed by atoms with Crippen molar-refractivity contribution in [2.24, 2.45) is 5.73 Å². The predicted octanol–water partition coefficient (Wildman–Crippen LogP) is 1.12. The van der Waals surface area contributed by atoms with Gasteiger partial charge in [0.2, 0.25) is 0 Å². The van der Waals surface area contributed by atoms with Gasteiger partial charge in [-0.05, 0) is 24.6 Å². The van der Waals surface area contributed by atoms with Crippen LogP contribution in [0.5, 0.6) is 0 Å². The Bertz CT molecular complexity index is 484. The van der Waals surface area contributed by atoms with Crippen LogP contribution in [0.1, 0.15) is 11.1 Å². The van der Waals surface area contributed by atoms with Crippen LogP contribution in [-0.2, 0) is 6.42 Å². The van der Waals surface area contributed by atoms with Gasteiger partial charge in [0.1, 0.15) is 0 Å². The van der Waals surface area contributed by atoms with Gasteiger partial charge in [0, 0.05) is 18.2 Å². The SMILES string of the molecule is Cc1ccn2ncc(CC(=N)N)c2c1. The second-order valence-electron chi connectivity index (χ2n) is 3.41. The van der Waals surface area contributed by atoms with Crippen molar-refractivity contribution in [1.82, 2.24) is 9.61 Å². The number of pyridine rings is 1. The molecule has 2 rings (SSSR count). The molecule has 0 fully saturated rings. The Morgan fingerprint density at radius 3 is 3.14 bits per heavy atom. The number of fused-ring (bicyclic) bond motifs is 1. The molecular weight excluding hydrogens is 176 g/mol. The molecule has 0 atom stereocenters. The Kier molecular flexibility index (Phi) is 1.96. The lowest BCUT2D eigenvalue weighted by Gasteiger charge is -1.98. The Hall–Kier alpha value is -1.84.